The van der Waals surface area contributed by atoms with E-state index in [2.05, 4.69) is 5.32 Å². The minimum atomic E-state index is -0.198. The SMILES string of the molecule is O=C1CC2(CCN(C(=O)CC34CC5CC(CC(C5)C3)C4)CC2)CC(=O)N1. The molecule has 2 heterocycles. The average molecular weight is 358 g/mol. The van der Waals surface area contributed by atoms with E-state index in [0.29, 0.717) is 37.3 Å². The van der Waals surface area contributed by atoms with E-state index in [1.54, 1.807) is 0 Å². The first kappa shape index (κ1) is 16.8. The van der Waals surface area contributed by atoms with Crippen LogP contribution in [0.2, 0.25) is 0 Å². The van der Waals surface area contributed by atoms with Crippen molar-refractivity contribution in [3.8, 4) is 0 Å². The molecule has 5 nitrogen and oxygen atoms in total. The molecule has 2 saturated heterocycles. The van der Waals surface area contributed by atoms with Gasteiger partial charge in [-0.05, 0) is 80.0 Å². The third-order valence-electron chi connectivity index (χ3n) is 8.22. The average Bonchev–Trinajstić information content (AvgIpc) is 2.52. The van der Waals surface area contributed by atoms with E-state index in [4.69, 9.17) is 0 Å². The molecule has 4 bridgehead atoms. The number of carbonyl (C=O) groups is 3. The van der Waals surface area contributed by atoms with Gasteiger partial charge in [-0.1, -0.05) is 0 Å². The number of hydrogen-bond donors (Lipinski definition) is 1. The van der Waals surface area contributed by atoms with Crippen LogP contribution in [0.15, 0.2) is 0 Å². The van der Waals surface area contributed by atoms with Gasteiger partial charge in [-0.25, -0.2) is 0 Å². The van der Waals surface area contributed by atoms with Gasteiger partial charge in [0.2, 0.25) is 17.7 Å². The Morgan fingerprint density at radius 2 is 1.42 bits per heavy atom. The molecular formula is C21H30N2O3. The molecule has 1 N–H and O–H groups in total. The summed E-state index contributed by atoms with van der Waals surface area (Å²) in [6, 6.07) is 0. The van der Waals surface area contributed by atoms with Gasteiger partial charge in [-0.3, -0.25) is 19.7 Å². The summed E-state index contributed by atoms with van der Waals surface area (Å²) in [5.74, 6) is 2.68. The van der Waals surface area contributed by atoms with Crippen molar-refractivity contribution >= 4 is 17.7 Å². The minimum absolute atomic E-state index is 0.144. The summed E-state index contributed by atoms with van der Waals surface area (Å²) in [5, 5.41) is 2.41. The number of imide groups is 1. The van der Waals surface area contributed by atoms with E-state index in [0.717, 1.165) is 37.0 Å². The fourth-order valence-corrected chi connectivity index (χ4v) is 7.51. The van der Waals surface area contributed by atoms with E-state index in [1.807, 2.05) is 4.90 Å². The molecule has 6 aliphatic rings. The third kappa shape index (κ3) is 2.87. The van der Waals surface area contributed by atoms with Gasteiger partial charge >= 0.3 is 0 Å². The lowest BCUT2D eigenvalue weighted by Crippen LogP contribution is -2.52. The number of amides is 3. The zero-order valence-electron chi connectivity index (χ0n) is 15.6. The largest absolute Gasteiger partial charge is 0.343 e. The molecule has 5 heteroatoms. The molecule has 0 aromatic heterocycles. The van der Waals surface area contributed by atoms with Gasteiger partial charge in [0.05, 0.1) is 0 Å². The Morgan fingerprint density at radius 1 is 0.923 bits per heavy atom. The number of hydrogen-bond acceptors (Lipinski definition) is 3. The number of nitrogens with one attached hydrogen (secondary N) is 1. The zero-order chi connectivity index (χ0) is 17.9. The molecule has 1 spiro atoms. The highest BCUT2D eigenvalue weighted by Gasteiger charge is 2.52. The summed E-state index contributed by atoms with van der Waals surface area (Å²) in [6.45, 7) is 1.43. The second-order valence-corrected chi connectivity index (χ2v) is 10.3. The van der Waals surface area contributed by atoms with Gasteiger partial charge in [0, 0.05) is 32.4 Å². The van der Waals surface area contributed by atoms with Gasteiger partial charge in [-0.15, -0.1) is 0 Å². The Hall–Kier alpha value is -1.39. The molecule has 0 unspecified atom stereocenters. The first-order valence-corrected chi connectivity index (χ1v) is 10.5. The summed E-state index contributed by atoms with van der Waals surface area (Å²) in [5.41, 5.74) is 0.0958. The maximum Gasteiger partial charge on any atom is 0.227 e. The smallest absolute Gasteiger partial charge is 0.227 e. The first-order chi connectivity index (χ1) is 12.4. The van der Waals surface area contributed by atoms with E-state index in [9.17, 15) is 14.4 Å². The van der Waals surface area contributed by atoms with Crippen LogP contribution in [0, 0.1) is 28.6 Å². The van der Waals surface area contributed by atoms with Crippen molar-refractivity contribution < 1.29 is 14.4 Å². The highest BCUT2D eigenvalue weighted by atomic mass is 16.2. The summed E-state index contributed by atoms with van der Waals surface area (Å²) < 4.78 is 0. The molecule has 6 rings (SSSR count). The van der Waals surface area contributed by atoms with E-state index in [1.165, 1.54) is 38.5 Å². The Morgan fingerprint density at radius 3 is 1.92 bits per heavy atom. The number of nitrogens with zero attached hydrogens (tertiary/aromatic N) is 1. The van der Waals surface area contributed by atoms with Crippen molar-refractivity contribution in [2.45, 2.75) is 70.6 Å². The number of likely N-dealkylation sites (tertiary alicyclic amines) is 1. The van der Waals surface area contributed by atoms with Crippen LogP contribution in [0.5, 0.6) is 0 Å². The zero-order valence-corrected chi connectivity index (χ0v) is 15.6. The molecule has 6 fully saturated rings. The third-order valence-corrected chi connectivity index (χ3v) is 8.22. The second-order valence-electron chi connectivity index (χ2n) is 10.3. The van der Waals surface area contributed by atoms with Crippen molar-refractivity contribution in [2.24, 2.45) is 28.6 Å². The van der Waals surface area contributed by atoms with Gasteiger partial charge in [-0.2, -0.15) is 0 Å². The van der Waals surface area contributed by atoms with Crippen LogP contribution in [0.3, 0.4) is 0 Å². The Balaban J connectivity index is 1.21. The molecule has 2 aliphatic heterocycles. The normalized spacial score (nSPS) is 40.8. The first-order valence-electron chi connectivity index (χ1n) is 10.5. The quantitative estimate of drug-likeness (QED) is 0.772. The van der Waals surface area contributed by atoms with Crippen molar-refractivity contribution in [1.29, 1.82) is 0 Å². The summed E-state index contributed by atoms with van der Waals surface area (Å²) in [6.07, 6.45) is 11.3. The Kier molecular flexibility index (Phi) is 3.74. The molecule has 142 valence electrons. The van der Waals surface area contributed by atoms with Gasteiger partial charge < -0.3 is 4.90 Å². The van der Waals surface area contributed by atoms with Crippen LogP contribution in [-0.4, -0.2) is 35.7 Å². The molecule has 4 saturated carbocycles. The standard InChI is InChI=1S/C21H30N2O3/c24-17-11-20(12-18(25)22-17)1-3-23(4-2-20)19(26)13-21-8-14-5-15(9-21)7-16(6-14)10-21/h14-16H,1-13H2,(H,22,24,25). The minimum Gasteiger partial charge on any atom is -0.343 e. The second kappa shape index (κ2) is 5.80. The number of carbonyl (C=O) groups excluding carboxylic acids is 3. The lowest BCUT2D eigenvalue weighted by atomic mass is 9.49. The van der Waals surface area contributed by atoms with Crippen LogP contribution >= 0.6 is 0 Å². The predicted octanol–water partition coefficient (Wildman–Crippen LogP) is 2.64. The van der Waals surface area contributed by atoms with Crippen LogP contribution in [0.25, 0.3) is 0 Å². The maximum atomic E-state index is 13.1. The highest BCUT2D eigenvalue weighted by molar-refractivity contribution is 5.98. The monoisotopic (exact) mass is 358 g/mol. The topological polar surface area (TPSA) is 66.5 Å². The van der Waals surface area contributed by atoms with Crippen LogP contribution in [0.1, 0.15) is 70.6 Å². The lowest BCUT2D eigenvalue weighted by Gasteiger charge is -2.57. The molecule has 3 amide bonds. The number of rotatable bonds is 2. The predicted molar refractivity (Wildman–Crippen MR) is 95.9 cm³/mol. The van der Waals surface area contributed by atoms with Crippen molar-refractivity contribution in [2.75, 3.05) is 13.1 Å². The van der Waals surface area contributed by atoms with Gasteiger partial charge in [0.25, 0.3) is 0 Å². The lowest BCUT2D eigenvalue weighted by molar-refractivity contribution is -0.144. The fraction of sp³-hybridized carbons (Fsp3) is 0.857. The maximum absolute atomic E-state index is 13.1. The summed E-state index contributed by atoms with van der Waals surface area (Å²) in [7, 11) is 0. The van der Waals surface area contributed by atoms with Crippen molar-refractivity contribution in [1.82, 2.24) is 10.2 Å². The van der Waals surface area contributed by atoms with Crippen molar-refractivity contribution in [3.05, 3.63) is 0 Å². The molecule has 0 atom stereocenters. The molecule has 4 aliphatic carbocycles. The van der Waals surface area contributed by atoms with Crippen LogP contribution < -0.4 is 5.32 Å². The van der Waals surface area contributed by atoms with E-state index in [-0.39, 0.29) is 17.2 Å². The van der Waals surface area contributed by atoms with Crippen LogP contribution in [-0.2, 0) is 14.4 Å². The van der Waals surface area contributed by atoms with E-state index < -0.39 is 0 Å². The summed E-state index contributed by atoms with van der Waals surface area (Å²) in [4.78, 5) is 38.6. The Labute approximate surface area is 155 Å². The van der Waals surface area contributed by atoms with Gasteiger partial charge in [0.15, 0.2) is 0 Å². The molecule has 0 aromatic carbocycles. The van der Waals surface area contributed by atoms with E-state index >= 15 is 0 Å². The molecule has 26 heavy (non-hydrogen) atoms. The fourth-order valence-electron chi connectivity index (χ4n) is 7.51. The highest BCUT2D eigenvalue weighted by Crippen LogP contribution is 2.61. The molecule has 0 aromatic rings. The Bertz CT molecular complexity index is 594. The molecular weight excluding hydrogens is 328 g/mol. The molecule has 0 radical (unpaired) electrons. The van der Waals surface area contributed by atoms with Crippen LogP contribution in [0.4, 0.5) is 0 Å². The number of piperidine rings is 2. The summed E-state index contributed by atoms with van der Waals surface area (Å²) >= 11 is 0. The van der Waals surface area contributed by atoms with Gasteiger partial charge in [0.1, 0.15) is 0 Å². The van der Waals surface area contributed by atoms with Crippen molar-refractivity contribution in [3.63, 3.8) is 0 Å².